The Labute approximate surface area is 182 Å². The Kier molecular flexibility index (Phi) is 4.92. The minimum absolute atomic E-state index is 0.0851. The lowest BCUT2D eigenvalue weighted by Gasteiger charge is -2.52. The average molecular weight is 435 g/mol. The predicted molar refractivity (Wildman–Crippen MR) is 112 cm³/mol. The molecular formula is C24H34O7. The average Bonchev–Trinajstić information content (AvgIpc) is 3.13. The summed E-state index contributed by atoms with van der Waals surface area (Å²) in [6, 6.07) is 0. The molecule has 4 rings (SSSR count). The number of hydrogen-bond acceptors (Lipinski definition) is 7. The molecule has 7 nitrogen and oxygen atoms in total. The minimum atomic E-state index is -1.88. The van der Waals surface area contributed by atoms with Crippen LogP contribution >= 0.6 is 0 Å². The standard InChI is InChI=1S/C24H34O7/c1-6-7-17(26)31-24-18(21(24,4)5)15-9-14(11-25)10-22(29)16(8-12(2)19(22)27)23(15,30)13(3)20(24)28/h8-9,13,15-16,18,20,25,28-30H,6-7,10-11H2,1-5H3/t13-,15+,16+,18?,20-,22-,23-,24-/m1/s1. The van der Waals surface area contributed by atoms with Crippen LogP contribution in [-0.2, 0) is 14.3 Å². The van der Waals surface area contributed by atoms with Gasteiger partial charge in [-0.25, -0.2) is 0 Å². The molecule has 0 aromatic carbocycles. The molecule has 2 saturated carbocycles. The largest absolute Gasteiger partial charge is 0.455 e. The van der Waals surface area contributed by atoms with E-state index in [4.69, 9.17) is 4.74 Å². The van der Waals surface area contributed by atoms with Gasteiger partial charge < -0.3 is 25.2 Å². The van der Waals surface area contributed by atoms with Gasteiger partial charge in [0, 0.05) is 41.9 Å². The third kappa shape index (κ3) is 2.55. The highest BCUT2D eigenvalue weighted by Gasteiger charge is 2.86. The number of fused-ring (bicyclic) bond motifs is 5. The Morgan fingerprint density at radius 1 is 1.26 bits per heavy atom. The SMILES string of the molecule is CCCC(=O)O[C@]12C([C@@H]3C=C(CO)C[C@]4(O)C(=O)C(C)=C[C@@H]4[C@@]3(O)[C@H](C)[C@H]1O)C2(C)C. The van der Waals surface area contributed by atoms with Crippen LogP contribution in [0.15, 0.2) is 23.3 Å². The van der Waals surface area contributed by atoms with Crippen molar-refractivity contribution < 1.29 is 34.8 Å². The van der Waals surface area contributed by atoms with Crippen molar-refractivity contribution in [2.75, 3.05) is 6.61 Å². The van der Waals surface area contributed by atoms with E-state index in [-0.39, 0.29) is 19.4 Å². The van der Waals surface area contributed by atoms with Crippen LogP contribution in [0, 0.1) is 29.1 Å². The maximum atomic E-state index is 12.9. The summed E-state index contributed by atoms with van der Waals surface area (Å²) in [5.74, 6) is -3.64. The fourth-order valence-corrected chi connectivity index (χ4v) is 7.11. The number of ether oxygens (including phenoxy) is 1. The van der Waals surface area contributed by atoms with Gasteiger partial charge in [-0.05, 0) is 24.5 Å². The molecule has 1 unspecified atom stereocenters. The first-order valence-electron chi connectivity index (χ1n) is 11.2. The van der Waals surface area contributed by atoms with Crippen molar-refractivity contribution in [3.05, 3.63) is 23.3 Å². The first-order chi connectivity index (χ1) is 14.3. The Morgan fingerprint density at radius 2 is 1.90 bits per heavy atom. The number of ketones is 1. The maximum Gasteiger partial charge on any atom is 0.306 e. The van der Waals surface area contributed by atoms with E-state index in [9.17, 15) is 30.0 Å². The number of rotatable bonds is 4. The molecule has 0 bridgehead atoms. The summed E-state index contributed by atoms with van der Waals surface area (Å²) in [5, 5.41) is 45.1. The van der Waals surface area contributed by atoms with Crippen LogP contribution in [0.5, 0.6) is 0 Å². The lowest BCUT2D eigenvalue weighted by atomic mass is 9.59. The normalized spacial score (nSPS) is 47.4. The van der Waals surface area contributed by atoms with Gasteiger partial charge in [0.2, 0.25) is 0 Å². The van der Waals surface area contributed by atoms with Gasteiger partial charge in [0.1, 0.15) is 11.2 Å². The van der Waals surface area contributed by atoms with Gasteiger partial charge >= 0.3 is 5.97 Å². The first kappa shape index (κ1) is 22.6. The van der Waals surface area contributed by atoms with E-state index in [1.165, 1.54) is 0 Å². The van der Waals surface area contributed by atoms with Crippen molar-refractivity contribution in [1.82, 2.24) is 0 Å². The van der Waals surface area contributed by atoms with Crippen molar-refractivity contribution in [3.8, 4) is 0 Å². The van der Waals surface area contributed by atoms with Gasteiger partial charge in [-0.15, -0.1) is 0 Å². The molecule has 0 aromatic rings. The number of carbonyl (C=O) groups excluding carboxylic acids is 2. The van der Waals surface area contributed by atoms with E-state index in [0.717, 1.165) is 0 Å². The van der Waals surface area contributed by atoms with Crippen LogP contribution in [0.1, 0.15) is 53.9 Å². The molecule has 4 N–H and O–H groups in total. The molecule has 31 heavy (non-hydrogen) atoms. The van der Waals surface area contributed by atoms with E-state index < -0.39 is 63.7 Å². The van der Waals surface area contributed by atoms with Crippen LogP contribution in [0.25, 0.3) is 0 Å². The number of aliphatic hydroxyl groups is 4. The highest BCUT2D eigenvalue weighted by Crippen LogP contribution is 2.76. The monoisotopic (exact) mass is 434 g/mol. The quantitative estimate of drug-likeness (QED) is 0.388. The summed E-state index contributed by atoms with van der Waals surface area (Å²) in [5.41, 5.74) is -4.52. The number of esters is 1. The van der Waals surface area contributed by atoms with Crippen molar-refractivity contribution in [1.29, 1.82) is 0 Å². The van der Waals surface area contributed by atoms with Gasteiger partial charge in [0.25, 0.3) is 0 Å². The zero-order valence-electron chi connectivity index (χ0n) is 18.9. The van der Waals surface area contributed by atoms with Crippen molar-refractivity contribution in [3.63, 3.8) is 0 Å². The molecule has 4 aliphatic carbocycles. The predicted octanol–water partition coefficient (Wildman–Crippen LogP) is 1.28. The Balaban J connectivity index is 1.88. The molecule has 8 atom stereocenters. The summed E-state index contributed by atoms with van der Waals surface area (Å²) < 4.78 is 5.94. The Bertz CT molecular complexity index is 888. The number of aliphatic hydroxyl groups excluding tert-OH is 2. The van der Waals surface area contributed by atoms with Crippen molar-refractivity contribution in [2.24, 2.45) is 29.1 Å². The van der Waals surface area contributed by atoms with Crippen molar-refractivity contribution in [2.45, 2.75) is 76.8 Å². The molecular weight excluding hydrogens is 400 g/mol. The van der Waals surface area contributed by atoms with E-state index >= 15 is 0 Å². The molecule has 7 heteroatoms. The first-order valence-corrected chi connectivity index (χ1v) is 11.2. The Morgan fingerprint density at radius 3 is 2.48 bits per heavy atom. The number of carbonyl (C=O) groups is 2. The molecule has 0 spiro atoms. The fraction of sp³-hybridized carbons (Fsp3) is 0.750. The summed E-state index contributed by atoms with van der Waals surface area (Å²) >= 11 is 0. The van der Waals surface area contributed by atoms with E-state index in [2.05, 4.69) is 0 Å². The molecule has 0 aliphatic heterocycles. The van der Waals surface area contributed by atoms with Gasteiger partial charge in [-0.3, -0.25) is 9.59 Å². The molecule has 0 saturated heterocycles. The number of Topliss-reactive ketones (excluding diaryl/α,β-unsaturated/α-hetero) is 1. The maximum absolute atomic E-state index is 12.9. The molecule has 0 radical (unpaired) electrons. The van der Waals surface area contributed by atoms with Gasteiger partial charge in [-0.2, -0.15) is 0 Å². The van der Waals surface area contributed by atoms with Crippen LogP contribution in [0.2, 0.25) is 0 Å². The van der Waals surface area contributed by atoms with Crippen LogP contribution in [0.3, 0.4) is 0 Å². The van der Waals surface area contributed by atoms with Crippen LogP contribution < -0.4 is 0 Å². The highest BCUT2D eigenvalue weighted by molar-refractivity contribution is 6.04. The fourth-order valence-electron chi connectivity index (χ4n) is 7.11. The highest BCUT2D eigenvalue weighted by atomic mass is 16.6. The summed E-state index contributed by atoms with van der Waals surface area (Å²) in [6.07, 6.45) is 2.95. The summed E-state index contributed by atoms with van der Waals surface area (Å²) in [4.78, 5) is 25.4. The summed E-state index contributed by atoms with van der Waals surface area (Å²) in [6.45, 7) is 8.62. The zero-order valence-corrected chi connectivity index (χ0v) is 18.9. The van der Waals surface area contributed by atoms with E-state index in [1.807, 2.05) is 20.8 Å². The van der Waals surface area contributed by atoms with E-state index in [1.54, 1.807) is 26.0 Å². The second kappa shape index (κ2) is 6.73. The Hall–Kier alpha value is -1.54. The van der Waals surface area contributed by atoms with E-state index in [0.29, 0.717) is 17.6 Å². The third-order valence-corrected chi connectivity index (χ3v) is 8.73. The second-order valence-corrected chi connectivity index (χ2v) is 10.6. The van der Waals surface area contributed by atoms with Crippen molar-refractivity contribution >= 4 is 11.8 Å². The molecule has 2 fully saturated rings. The van der Waals surface area contributed by atoms with Crippen LogP contribution in [0.4, 0.5) is 0 Å². The van der Waals surface area contributed by atoms with Gasteiger partial charge in [0.15, 0.2) is 5.78 Å². The molecule has 4 aliphatic rings. The lowest BCUT2D eigenvalue weighted by Crippen LogP contribution is -2.65. The summed E-state index contributed by atoms with van der Waals surface area (Å²) in [7, 11) is 0. The third-order valence-electron chi connectivity index (χ3n) is 8.73. The van der Waals surface area contributed by atoms with Crippen LogP contribution in [-0.4, -0.2) is 61.7 Å². The minimum Gasteiger partial charge on any atom is -0.455 e. The number of hydrogen-bond donors (Lipinski definition) is 4. The van der Waals surface area contributed by atoms with Gasteiger partial charge in [0.05, 0.1) is 18.3 Å². The zero-order chi connectivity index (χ0) is 23.1. The second-order valence-electron chi connectivity index (χ2n) is 10.6. The molecule has 0 amide bonds. The van der Waals surface area contributed by atoms with Gasteiger partial charge in [-0.1, -0.05) is 39.8 Å². The molecule has 172 valence electrons. The molecule has 0 aromatic heterocycles. The smallest absolute Gasteiger partial charge is 0.306 e. The topological polar surface area (TPSA) is 124 Å². The lowest BCUT2D eigenvalue weighted by molar-refractivity contribution is -0.219. The molecule has 0 heterocycles.